The SMILES string of the molecule is C=CCSc1ccccc1NCc1cccc2cc[nH]c12. The highest BCUT2D eigenvalue weighted by atomic mass is 32.2. The third kappa shape index (κ3) is 3.14. The van der Waals surface area contributed by atoms with E-state index in [0.717, 1.165) is 12.3 Å². The molecule has 0 amide bonds. The molecule has 0 aliphatic carbocycles. The minimum Gasteiger partial charge on any atom is -0.380 e. The maximum atomic E-state index is 3.78. The lowest BCUT2D eigenvalue weighted by Gasteiger charge is -2.11. The largest absolute Gasteiger partial charge is 0.380 e. The highest BCUT2D eigenvalue weighted by Gasteiger charge is 2.04. The molecular weight excluding hydrogens is 276 g/mol. The topological polar surface area (TPSA) is 27.8 Å². The van der Waals surface area contributed by atoms with E-state index in [1.165, 1.54) is 27.0 Å². The lowest BCUT2D eigenvalue weighted by atomic mass is 10.1. The first-order chi connectivity index (χ1) is 10.4. The summed E-state index contributed by atoms with van der Waals surface area (Å²) in [6.45, 7) is 4.59. The standard InChI is InChI=1S/C18H18N2S/c1-2-12-21-17-9-4-3-8-16(17)20-13-15-7-5-6-14-10-11-19-18(14)15/h2-11,19-20H,1,12-13H2. The number of aromatic nitrogens is 1. The van der Waals surface area contributed by atoms with Crippen molar-refractivity contribution in [3.05, 3.63) is 72.9 Å². The zero-order valence-electron chi connectivity index (χ0n) is 11.8. The predicted octanol–water partition coefficient (Wildman–Crippen LogP) is 5.06. The van der Waals surface area contributed by atoms with E-state index in [4.69, 9.17) is 0 Å². The van der Waals surface area contributed by atoms with Crippen LogP contribution in [0.4, 0.5) is 5.69 Å². The van der Waals surface area contributed by atoms with Gasteiger partial charge in [-0.1, -0.05) is 36.4 Å². The van der Waals surface area contributed by atoms with Crippen LogP contribution in [0.25, 0.3) is 10.9 Å². The van der Waals surface area contributed by atoms with Gasteiger partial charge in [-0.2, -0.15) is 0 Å². The lowest BCUT2D eigenvalue weighted by molar-refractivity contribution is 1.14. The Morgan fingerprint density at radius 3 is 2.90 bits per heavy atom. The fraction of sp³-hybridized carbons (Fsp3) is 0.111. The van der Waals surface area contributed by atoms with Gasteiger partial charge in [0.15, 0.2) is 0 Å². The summed E-state index contributed by atoms with van der Waals surface area (Å²) in [5, 5.41) is 4.80. The van der Waals surface area contributed by atoms with Gasteiger partial charge in [0.05, 0.1) is 5.52 Å². The van der Waals surface area contributed by atoms with Crippen LogP contribution in [0.15, 0.2) is 72.3 Å². The molecule has 0 bridgehead atoms. The van der Waals surface area contributed by atoms with Crippen LogP contribution in [0, 0.1) is 0 Å². The summed E-state index contributed by atoms with van der Waals surface area (Å²) in [6, 6.07) is 16.9. The number of H-pyrrole nitrogens is 1. The van der Waals surface area contributed by atoms with E-state index in [-0.39, 0.29) is 0 Å². The molecule has 0 unspecified atom stereocenters. The molecule has 21 heavy (non-hydrogen) atoms. The zero-order valence-corrected chi connectivity index (χ0v) is 12.6. The van der Waals surface area contributed by atoms with Gasteiger partial charge < -0.3 is 10.3 Å². The second-order valence-corrected chi connectivity index (χ2v) is 5.87. The molecule has 106 valence electrons. The zero-order chi connectivity index (χ0) is 14.5. The molecule has 2 nitrogen and oxygen atoms in total. The van der Waals surface area contributed by atoms with Crippen molar-refractivity contribution < 1.29 is 0 Å². The Morgan fingerprint density at radius 1 is 1.10 bits per heavy atom. The molecule has 0 spiro atoms. The third-order valence-electron chi connectivity index (χ3n) is 3.39. The van der Waals surface area contributed by atoms with Gasteiger partial charge in [-0.3, -0.25) is 0 Å². The molecule has 3 rings (SSSR count). The summed E-state index contributed by atoms with van der Waals surface area (Å²) in [5.74, 6) is 0.922. The van der Waals surface area contributed by atoms with E-state index in [0.29, 0.717) is 0 Å². The van der Waals surface area contributed by atoms with Crippen LogP contribution in [-0.4, -0.2) is 10.7 Å². The molecule has 1 heterocycles. The molecule has 2 aromatic carbocycles. The smallest absolute Gasteiger partial charge is 0.0504 e. The average Bonchev–Trinajstić information content (AvgIpc) is 3.01. The molecule has 1 aromatic heterocycles. The summed E-state index contributed by atoms with van der Waals surface area (Å²) in [4.78, 5) is 4.58. The Morgan fingerprint density at radius 2 is 2.00 bits per heavy atom. The molecule has 0 aliphatic heterocycles. The molecular formula is C18H18N2S. The van der Waals surface area contributed by atoms with Crippen molar-refractivity contribution >= 4 is 28.4 Å². The first-order valence-electron chi connectivity index (χ1n) is 7.00. The normalized spacial score (nSPS) is 10.7. The first-order valence-corrected chi connectivity index (χ1v) is 7.98. The average molecular weight is 294 g/mol. The number of benzene rings is 2. The van der Waals surface area contributed by atoms with Crippen molar-refractivity contribution in [1.29, 1.82) is 0 Å². The monoisotopic (exact) mass is 294 g/mol. The van der Waals surface area contributed by atoms with Gasteiger partial charge in [0.1, 0.15) is 0 Å². The van der Waals surface area contributed by atoms with E-state index < -0.39 is 0 Å². The summed E-state index contributed by atoms with van der Waals surface area (Å²) in [6.07, 6.45) is 3.92. The van der Waals surface area contributed by atoms with Crippen molar-refractivity contribution in [3.8, 4) is 0 Å². The van der Waals surface area contributed by atoms with Crippen LogP contribution in [0.5, 0.6) is 0 Å². The number of hydrogen-bond acceptors (Lipinski definition) is 2. The molecule has 0 aliphatic rings. The van der Waals surface area contributed by atoms with Crippen LogP contribution in [0.2, 0.25) is 0 Å². The van der Waals surface area contributed by atoms with Crippen LogP contribution >= 0.6 is 11.8 Å². The quantitative estimate of drug-likeness (QED) is 0.491. The predicted molar refractivity (Wildman–Crippen MR) is 93.0 cm³/mol. The van der Waals surface area contributed by atoms with E-state index in [1.54, 1.807) is 11.8 Å². The van der Waals surface area contributed by atoms with Crippen molar-refractivity contribution in [3.63, 3.8) is 0 Å². The number of aromatic amines is 1. The third-order valence-corrected chi connectivity index (χ3v) is 4.46. The Balaban J connectivity index is 1.78. The Kier molecular flexibility index (Phi) is 4.31. The van der Waals surface area contributed by atoms with Crippen molar-refractivity contribution in [1.82, 2.24) is 4.98 Å². The maximum Gasteiger partial charge on any atom is 0.0504 e. The van der Waals surface area contributed by atoms with Crippen LogP contribution in [0.3, 0.4) is 0 Å². The van der Waals surface area contributed by atoms with Crippen molar-refractivity contribution in [2.24, 2.45) is 0 Å². The number of thioether (sulfide) groups is 1. The number of anilines is 1. The fourth-order valence-electron chi connectivity index (χ4n) is 2.37. The van der Waals surface area contributed by atoms with Gasteiger partial charge in [-0.25, -0.2) is 0 Å². The molecule has 2 N–H and O–H groups in total. The van der Waals surface area contributed by atoms with Gasteiger partial charge in [0, 0.05) is 29.1 Å². The minimum atomic E-state index is 0.809. The van der Waals surface area contributed by atoms with Gasteiger partial charge in [-0.05, 0) is 29.1 Å². The molecule has 3 heteroatoms. The Labute approximate surface area is 129 Å². The molecule has 0 saturated carbocycles. The summed E-state index contributed by atoms with van der Waals surface area (Å²) < 4.78 is 0. The number of para-hydroxylation sites is 2. The van der Waals surface area contributed by atoms with E-state index in [2.05, 4.69) is 65.4 Å². The second kappa shape index (κ2) is 6.55. The Hall–Kier alpha value is -2.13. The second-order valence-electron chi connectivity index (χ2n) is 4.81. The Bertz CT molecular complexity index is 746. The number of fused-ring (bicyclic) bond motifs is 1. The van der Waals surface area contributed by atoms with E-state index >= 15 is 0 Å². The highest BCUT2D eigenvalue weighted by molar-refractivity contribution is 7.99. The summed E-state index contributed by atoms with van der Waals surface area (Å²) in [7, 11) is 0. The number of rotatable bonds is 6. The summed E-state index contributed by atoms with van der Waals surface area (Å²) >= 11 is 1.80. The van der Waals surface area contributed by atoms with Gasteiger partial charge in [0.25, 0.3) is 0 Å². The van der Waals surface area contributed by atoms with Crippen LogP contribution in [-0.2, 0) is 6.54 Å². The first kappa shape index (κ1) is 13.8. The highest BCUT2D eigenvalue weighted by Crippen LogP contribution is 2.28. The van der Waals surface area contributed by atoms with Crippen molar-refractivity contribution in [2.75, 3.05) is 11.1 Å². The molecule has 0 radical (unpaired) electrons. The van der Waals surface area contributed by atoms with Crippen LogP contribution in [0.1, 0.15) is 5.56 Å². The molecule has 3 aromatic rings. The number of hydrogen-bond donors (Lipinski definition) is 2. The summed E-state index contributed by atoms with van der Waals surface area (Å²) in [5.41, 5.74) is 3.66. The number of nitrogens with one attached hydrogen (secondary N) is 2. The van der Waals surface area contributed by atoms with Gasteiger partial charge >= 0.3 is 0 Å². The lowest BCUT2D eigenvalue weighted by Crippen LogP contribution is -2.01. The van der Waals surface area contributed by atoms with Gasteiger partial charge in [-0.15, -0.1) is 18.3 Å². The van der Waals surface area contributed by atoms with E-state index in [1.807, 2.05) is 12.3 Å². The van der Waals surface area contributed by atoms with Gasteiger partial charge in [0.2, 0.25) is 0 Å². The van der Waals surface area contributed by atoms with Crippen LogP contribution < -0.4 is 5.32 Å². The minimum absolute atomic E-state index is 0.809. The fourth-order valence-corrected chi connectivity index (χ4v) is 3.14. The molecule has 0 saturated heterocycles. The van der Waals surface area contributed by atoms with E-state index in [9.17, 15) is 0 Å². The molecule has 0 fully saturated rings. The van der Waals surface area contributed by atoms with Crippen molar-refractivity contribution in [2.45, 2.75) is 11.4 Å². The maximum absolute atomic E-state index is 3.78. The molecule has 0 atom stereocenters.